The lowest BCUT2D eigenvalue weighted by molar-refractivity contribution is -0.153. The third kappa shape index (κ3) is 12.4. The molecule has 2 nitrogen and oxygen atoms in total. The second-order valence-corrected chi connectivity index (χ2v) is 6.92. The van der Waals surface area contributed by atoms with E-state index in [1.807, 2.05) is 0 Å². The van der Waals surface area contributed by atoms with Gasteiger partial charge in [-0.1, -0.05) is 6.42 Å². The molecule has 0 bridgehead atoms. The highest BCUT2D eigenvalue weighted by Crippen LogP contribution is 2.23. The van der Waals surface area contributed by atoms with Crippen LogP contribution in [0.1, 0.15) is 53.4 Å². The summed E-state index contributed by atoms with van der Waals surface area (Å²) in [6.07, 6.45) is -3.40. The van der Waals surface area contributed by atoms with Crippen molar-refractivity contribution in [3.05, 3.63) is 0 Å². The number of hydrogen-bond acceptors (Lipinski definition) is 3. The minimum absolute atomic E-state index is 0.158. The molecule has 0 rings (SSSR count). The summed E-state index contributed by atoms with van der Waals surface area (Å²) >= 11 is 1.43. The first kappa shape index (κ1) is 18.6. The maximum atomic E-state index is 11.9. The molecule has 0 saturated carbocycles. The van der Waals surface area contributed by atoms with Crippen molar-refractivity contribution in [1.82, 2.24) is 0 Å². The Morgan fingerprint density at radius 2 is 1.74 bits per heavy atom. The molecule has 6 heteroatoms. The van der Waals surface area contributed by atoms with Gasteiger partial charge in [-0.3, -0.25) is 4.79 Å². The molecular weight excluding hydrogens is 277 g/mol. The summed E-state index contributed by atoms with van der Waals surface area (Å²) in [5.41, 5.74) is -0.501. The standard InChI is InChI=1S/C13H23F3O2S/c1-10(11(17)18-12(2,3)4)19-9-7-5-6-8-13(14,15)16/h10H,5-9H2,1-4H3. The molecular formula is C13H23F3O2S. The maximum absolute atomic E-state index is 11.9. The van der Waals surface area contributed by atoms with Gasteiger partial charge in [0.05, 0.1) is 5.25 Å². The minimum atomic E-state index is -4.06. The number of unbranched alkanes of at least 4 members (excludes halogenated alkanes) is 2. The van der Waals surface area contributed by atoms with Crippen molar-refractivity contribution in [1.29, 1.82) is 0 Å². The number of ether oxygens (including phenoxy) is 1. The zero-order chi connectivity index (χ0) is 15.1. The van der Waals surface area contributed by atoms with Gasteiger partial charge in [-0.15, -0.1) is 11.8 Å². The van der Waals surface area contributed by atoms with Gasteiger partial charge in [0.1, 0.15) is 5.60 Å². The molecule has 0 aliphatic carbocycles. The van der Waals surface area contributed by atoms with Crippen molar-refractivity contribution in [2.45, 2.75) is 70.4 Å². The Balaban J connectivity index is 3.64. The van der Waals surface area contributed by atoms with E-state index in [1.54, 1.807) is 27.7 Å². The van der Waals surface area contributed by atoms with Crippen LogP contribution in [0.15, 0.2) is 0 Å². The summed E-state index contributed by atoms with van der Waals surface area (Å²) in [6.45, 7) is 7.17. The molecule has 0 N–H and O–H groups in total. The number of thioether (sulfide) groups is 1. The third-order valence-corrected chi connectivity index (χ3v) is 3.43. The fourth-order valence-corrected chi connectivity index (χ4v) is 2.23. The molecule has 0 spiro atoms. The molecule has 0 aromatic carbocycles. The third-order valence-electron chi connectivity index (χ3n) is 2.21. The number of carbonyl (C=O) groups excluding carboxylic acids is 1. The average molecular weight is 300 g/mol. The van der Waals surface area contributed by atoms with Crippen LogP contribution in [0.3, 0.4) is 0 Å². The van der Waals surface area contributed by atoms with Crippen LogP contribution in [0, 0.1) is 0 Å². The van der Waals surface area contributed by atoms with Gasteiger partial charge in [-0.05, 0) is 46.3 Å². The van der Waals surface area contributed by atoms with Crippen molar-refractivity contribution in [2.75, 3.05) is 5.75 Å². The second-order valence-electron chi connectivity index (χ2n) is 5.47. The van der Waals surface area contributed by atoms with E-state index in [9.17, 15) is 18.0 Å². The van der Waals surface area contributed by atoms with Gasteiger partial charge < -0.3 is 4.74 Å². The van der Waals surface area contributed by atoms with E-state index in [0.29, 0.717) is 18.6 Å². The number of halogens is 3. The van der Waals surface area contributed by atoms with E-state index in [1.165, 1.54) is 11.8 Å². The van der Waals surface area contributed by atoms with Crippen LogP contribution in [0.5, 0.6) is 0 Å². The van der Waals surface area contributed by atoms with Crippen molar-refractivity contribution >= 4 is 17.7 Å². The molecule has 0 saturated heterocycles. The van der Waals surface area contributed by atoms with Crippen LogP contribution < -0.4 is 0 Å². The van der Waals surface area contributed by atoms with Gasteiger partial charge in [0.2, 0.25) is 0 Å². The maximum Gasteiger partial charge on any atom is 0.389 e. The number of rotatable bonds is 7. The monoisotopic (exact) mass is 300 g/mol. The van der Waals surface area contributed by atoms with Crippen molar-refractivity contribution in [3.8, 4) is 0 Å². The van der Waals surface area contributed by atoms with Gasteiger partial charge in [-0.25, -0.2) is 0 Å². The smallest absolute Gasteiger partial charge is 0.389 e. The number of esters is 1. The summed E-state index contributed by atoms with van der Waals surface area (Å²) in [7, 11) is 0. The SMILES string of the molecule is CC(SCCCCCC(F)(F)F)C(=O)OC(C)(C)C. The molecule has 0 aromatic heterocycles. The first-order valence-electron chi connectivity index (χ1n) is 6.42. The molecule has 0 radical (unpaired) electrons. The summed E-state index contributed by atoms with van der Waals surface area (Å²) in [4.78, 5) is 11.6. The van der Waals surface area contributed by atoms with Crippen LogP contribution >= 0.6 is 11.8 Å². The highest BCUT2D eigenvalue weighted by atomic mass is 32.2. The molecule has 1 unspecified atom stereocenters. The number of hydrogen-bond donors (Lipinski definition) is 0. The van der Waals surface area contributed by atoms with Crippen LogP contribution in [-0.4, -0.2) is 28.7 Å². The fourth-order valence-electron chi connectivity index (χ4n) is 1.32. The summed E-state index contributed by atoms with van der Waals surface area (Å²) in [5, 5.41) is -0.276. The normalized spacial score (nSPS) is 14.3. The van der Waals surface area contributed by atoms with Crippen LogP contribution in [-0.2, 0) is 9.53 Å². The van der Waals surface area contributed by atoms with Crippen molar-refractivity contribution in [3.63, 3.8) is 0 Å². The summed E-state index contributed by atoms with van der Waals surface area (Å²) in [6, 6.07) is 0. The van der Waals surface area contributed by atoms with E-state index in [2.05, 4.69) is 0 Å². The lowest BCUT2D eigenvalue weighted by Crippen LogP contribution is -2.29. The average Bonchev–Trinajstić information content (AvgIpc) is 2.18. The minimum Gasteiger partial charge on any atom is -0.459 e. The van der Waals surface area contributed by atoms with E-state index in [0.717, 1.165) is 0 Å². The molecule has 19 heavy (non-hydrogen) atoms. The fraction of sp³-hybridized carbons (Fsp3) is 0.923. The topological polar surface area (TPSA) is 26.3 Å². The molecule has 1 atom stereocenters. The van der Waals surface area contributed by atoms with Gasteiger partial charge in [0.15, 0.2) is 0 Å². The molecule has 0 aliphatic heterocycles. The van der Waals surface area contributed by atoms with E-state index >= 15 is 0 Å². The zero-order valence-electron chi connectivity index (χ0n) is 12.0. The molecule has 0 fully saturated rings. The Morgan fingerprint density at radius 1 is 1.16 bits per heavy atom. The molecule has 0 aliphatic rings. The highest BCUT2D eigenvalue weighted by molar-refractivity contribution is 8.00. The highest BCUT2D eigenvalue weighted by Gasteiger charge is 2.26. The van der Waals surface area contributed by atoms with E-state index in [-0.39, 0.29) is 17.6 Å². The molecule has 0 amide bonds. The van der Waals surface area contributed by atoms with Crippen molar-refractivity contribution < 1.29 is 22.7 Å². The Morgan fingerprint density at radius 3 is 2.21 bits per heavy atom. The number of carbonyl (C=O) groups is 1. The van der Waals surface area contributed by atoms with E-state index in [4.69, 9.17) is 4.74 Å². The predicted octanol–water partition coefficient (Wildman–Crippen LogP) is 4.57. The molecule has 0 aromatic rings. The van der Waals surface area contributed by atoms with Crippen molar-refractivity contribution in [2.24, 2.45) is 0 Å². The molecule has 114 valence electrons. The second kappa shape index (κ2) is 8.02. The van der Waals surface area contributed by atoms with Gasteiger partial charge in [-0.2, -0.15) is 13.2 Å². The zero-order valence-corrected chi connectivity index (χ0v) is 12.8. The van der Waals surface area contributed by atoms with E-state index < -0.39 is 18.2 Å². The first-order valence-corrected chi connectivity index (χ1v) is 7.47. The first-order chi connectivity index (χ1) is 8.51. The van der Waals surface area contributed by atoms with Gasteiger partial charge in [0, 0.05) is 6.42 Å². The Kier molecular flexibility index (Phi) is 7.86. The quantitative estimate of drug-likeness (QED) is 0.509. The lowest BCUT2D eigenvalue weighted by atomic mass is 10.2. The Labute approximate surface area is 117 Å². The van der Waals surface area contributed by atoms with Crippen LogP contribution in [0.4, 0.5) is 13.2 Å². The Bertz CT molecular complexity index is 272. The molecule has 0 heterocycles. The Hall–Kier alpha value is -0.390. The summed E-state index contributed by atoms with van der Waals surface area (Å²) < 4.78 is 40.9. The van der Waals surface area contributed by atoms with Gasteiger partial charge in [0.25, 0.3) is 0 Å². The number of alkyl halides is 3. The lowest BCUT2D eigenvalue weighted by Gasteiger charge is -2.22. The van der Waals surface area contributed by atoms with Crippen LogP contribution in [0.2, 0.25) is 0 Å². The predicted molar refractivity (Wildman–Crippen MR) is 72.3 cm³/mol. The largest absolute Gasteiger partial charge is 0.459 e. The summed E-state index contributed by atoms with van der Waals surface area (Å²) in [5.74, 6) is 0.408. The van der Waals surface area contributed by atoms with Crippen LogP contribution in [0.25, 0.3) is 0 Å². The van der Waals surface area contributed by atoms with Gasteiger partial charge >= 0.3 is 12.1 Å².